The first kappa shape index (κ1) is 17.1. The van der Waals surface area contributed by atoms with Crippen LogP contribution in [0.5, 0.6) is 11.5 Å². The topological polar surface area (TPSA) is 81.8 Å². The Labute approximate surface area is 146 Å². The molecular formula is C15H15BrN4O2S. The van der Waals surface area contributed by atoms with Crippen LogP contribution in [0.2, 0.25) is 0 Å². The summed E-state index contributed by atoms with van der Waals surface area (Å²) in [4.78, 5) is 4.06. The van der Waals surface area contributed by atoms with Crippen LogP contribution in [-0.2, 0) is 0 Å². The van der Waals surface area contributed by atoms with E-state index < -0.39 is 0 Å². The van der Waals surface area contributed by atoms with Gasteiger partial charge < -0.3 is 15.2 Å². The Morgan fingerprint density at radius 1 is 1.48 bits per heavy atom. The molecule has 0 aliphatic rings. The summed E-state index contributed by atoms with van der Waals surface area (Å²) in [7, 11) is 0. The average Bonchev–Trinajstić information content (AvgIpc) is 2.94. The highest BCUT2D eigenvalue weighted by atomic mass is 79.9. The number of nitrogens with two attached hydrogens (primary N) is 1. The van der Waals surface area contributed by atoms with Gasteiger partial charge in [-0.1, -0.05) is 5.92 Å². The number of hydrogen-bond acceptors (Lipinski definition) is 7. The zero-order chi connectivity index (χ0) is 16.7. The summed E-state index contributed by atoms with van der Waals surface area (Å²) >= 11 is 4.85. The number of nitrogens with zero attached hydrogens (tertiary/aromatic N) is 2. The third-order valence-corrected chi connectivity index (χ3v) is 4.01. The molecule has 0 saturated heterocycles. The number of anilines is 2. The van der Waals surface area contributed by atoms with Crippen molar-refractivity contribution >= 4 is 44.4 Å². The summed E-state index contributed by atoms with van der Waals surface area (Å²) in [6.45, 7) is 2.59. The van der Waals surface area contributed by atoms with Gasteiger partial charge in [-0.25, -0.2) is 4.98 Å². The minimum Gasteiger partial charge on any atom is -0.490 e. The van der Waals surface area contributed by atoms with Crippen molar-refractivity contribution in [1.82, 2.24) is 4.98 Å². The number of benzene rings is 1. The van der Waals surface area contributed by atoms with Crippen LogP contribution < -0.4 is 20.6 Å². The molecule has 1 aromatic carbocycles. The number of ether oxygens (including phenoxy) is 2. The van der Waals surface area contributed by atoms with Gasteiger partial charge in [0.15, 0.2) is 11.5 Å². The molecule has 0 amide bonds. The minimum absolute atomic E-state index is 0.174. The Morgan fingerprint density at radius 2 is 2.26 bits per heavy atom. The Balaban J connectivity index is 2.17. The van der Waals surface area contributed by atoms with Crippen LogP contribution in [-0.4, -0.2) is 24.4 Å². The van der Waals surface area contributed by atoms with E-state index in [-0.39, 0.29) is 6.61 Å². The first-order valence-electron chi connectivity index (χ1n) is 6.66. The maximum atomic E-state index is 5.57. The summed E-state index contributed by atoms with van der Waals surface area (Å²) in [5.41, 5.74) is 9.19. The third-order valence-electron chi connectivity index (χ3n) is 2.56. The van der Waals surface area contributed by atoms with Crippen molar-refractivity contribution in [3.8, 4) is 23.8 Å². The van der Waals surface area contributed by atoms with E-state index in [1.165, 1.54) is 11.3 Å². The van der Waals surface area contributed by atoms with Gasteiger partial charge in [0, 0.05) is 15.4 Å². The van der Waals surface area contributed by atoms with Crippen molar-refractivity contribution in [3.05, 3.63) is 27.5 Å². The monoisotopic (exact) mass is 394 g/mol. The molecule has 0 unspecified atom stereocenters. The van der Waals surface area contributed by atoms with Crippen molar-refractivity contribution in [2.75, 3.05) is 24.4 Å². The maximum absolute atomic E-state index is 5.57. The predicted molar refractivity (Wildman–Crippen MR) is 97.4 cm³/mol. The summed E-state index contributed by atoms with van der Waals surface area (Å²) in [6, 6.07) is 3.62. The lowest BCUT2D eigenvalue weighted by atomic mass is 10.2. The molecule has 0 bridgehead atoms. The predicted octanol–water partition coefficient (Wildman–Crippen LogP) is 3.34. The van der Waals surface area contributed by atoms with E-state index in [1.54, 1.807) is 17.7 Å². The fraction of sp³-hybridized carbons (Fsp3) is 0.200. The van der Waals surface area contributed by atoms with Crippen LogP contribution in [0, 0.1) is 12.3 Å². The molecule has 1 aromatic heterocycles. The highest BCUT2D eigenvalue weighted by molar-refractivity contribution is 9.10. The highest BCUT2D eigenvalue weighted by Gasteiger charge is 2.10. The van der Waals surface area contributed by atoms with E-state index in [0.29, 0.717) is 29.1 Å². The number of hydrogen-bond donors (Lipinski definition) is 2. The minimum atomic E-state index is 0.174. The van der Waals surface area contributed by atoms with Crippen molar-refractivity contribution in [2.45, 2.75) is 6.92 Å². The van der Waals surface area contributed by atoms with Gasteiger partial charge in [0.2, 0.25) is 5.13 Å². The normalized spacial score (nSPS) is 10.5. The van der Waals surface area contributed by atoms with Crippen LogP contribution in [0.1, 0.15) is 12.5 Å². The van der Waals surface area contributed by atoms with Gasteiger partial charge in [0.25, 0.3) is 0 Å². The number of halogens is 1. The van der Waals surface area contributed by atoms with Gasteiger partial charge in [-0.15, -0.1) is 17.8 Å². The molecule has 0 fully saturated rings. The molecule has 2 aromatic rings. The van der Waals surface area contributed by atoms with E-state index in [9.17, 15) is 0 Å². The summed E-state index contributed by atoms with van der Waals surface area (Å²) in [5, 5.41) is 6.49. The molecule has 0 saturated carbocycles. The van der Waals surface area contributed by atoms with E-state index in [4.69, 9.17) is 21.6 Å². The summed E-state index contributed by atoms with van der Waals surface area (Å²) in [6.07, 6.45) is 6.87. The van der Waals surface area contributed by atoms with Crippen molar-refractivity contribution in [1.29, 1.82) is 0 Å². The number of rotatable bonds is 7. The molecule has 0 atom stereocenters. The zero-order valence-corrected chi connectivity index (χ0v) is 14.8. The molecule has 0 spiro atoms. The van der Waals surface area contributed by atoms with Gasteiger partial charge in [-0.3, -0.25) is 5.43 Å². The Bertz CT molecular complexity index is 740. The molecule has 0 aliphatic carbocycles. The molecule has 23 heavy (non-hydrogen) atoms. The molecule has 0 aliphatic heterocycles. The second-order valence-electron chi connectivity index (χ2n) is 4.19. The number of hydrazone groups is 1. The van der Waals surface area contributed by atoms with Crippen LogP contribution in [0.25, 0.3) is 0 Å². The Morgan fingerprint density at radius 3 is 2.91 bits per heavy atom. The van der Waals surface area contributed by atoms with Crippen molar-refractivity contribution < 1.29 is 9.47 Å². The lowest BCUT2D eigenvalue weighted by Crippen LogP contribution is -2.01. The van der Waals surface area contributed by atoms with Crippen LogP contribution in [0.4, 0.5) is 10.9 Å². The molecule has 3 N–H and O–H groups in total. The second kappa shape index (κ2) is 8.41. The van der Waals surface area contributed by atoms with Crippen LogP contribution in [0.15, 0.2) is 27.1 Å². The Kier molecular flexibility index (Phi) is 6.26. The van der Waals surface area contributed by atoms with E-state index in [0.717, 1.165) is 10.0 Å². The SMILES string of the molecule is C#CCOc1cc(Br)c(C=NNc2nc(N)cs2)cc1OCC. The van der Waals surface area contributed by atoms with Crippen LogP contribution >= 0.6 is 27.3 Å². The quantitative estimate of drug-likeness (QED) is 0.427. The van der Waals surface area contributed by atoms with Gasteiger partial charge in [0.1, 0.15) is 12.4 Å². The van der Waals surface area contributed by atoms with Crippen molar-refractivity contribution in [3.63, 3.8) is 0 Å². The molecule has 0 radical (unpaired) electrons. The lowest BCUT2D eigenvalue weighted by molar-refractivity contribution is 0.299. The standard InChI is InChI=1S/C15H15BrN4O2S/c1-3-5-22-13-7-11(16)10(6-12(13)21-4-2)8-18-20-15-19-14(17)9-23-15/h1,6-9H,4-5,17H2,2H3,(H,19,20). The van der Waals surface area contributed by atoms with Crippen LogP contribution in [0.3, 0.4) is 0 Å². The zero-order valence-electron chi connectivity index (χ0n) is 12.4. The summed E-state index contributed by atoms with van der Waals surface area (Å²) < 4.78 is 11.9. The molecule has 1 heterocycles. The van der Waals surface area contributed by atoms with Crippen molar-refractivity contribution in [2.24, 2.45) is 5.10 Å². The van der Waals surface area contributed by atoms with Gasteiger partial charge >= 0.3 is 0 Å². The number of aromatic nitrogens is 1. The van der Waals surface area contributed by atoms with Gasteiger partial charge in [0.05, 0.1) is 12.8 Å². The number of nitrogen functional groups attached to an aromatic ring is 1. The third kappa shape index (κ3) is 4.87. The van der Waals surface area contributed by atoms with E-state index in [2.05, 4.69) is 37.4 Å². The average molecular weight is 395 g/mol. The van der Waals surface area contributed by atoms with E-state index in [1.807, 2.05) is 13.0 Å². The fourth-order valence-corrected chi connectivity index (χ4v) is 2.62. The highest BCUT2D eigenvalue weighted by Crippen LogP contribution is 2.33. The lowest BCUT2D eigenvalue weighted by Gasteiger charge is -2.12. The molecule has 8 heteroatoms. The first-order chi connectivity index (χ1) is 11.1. The Hall–Kier alpha value is -2.24. The maximum Gasteiger partial charge on any atom is 0.205 e. The first-order valence-corrected chi connectivity index (χ1v) is 8.34. The molecule has 2 rings (SSSR count). The van der Waals surface area contributed by atoms with Gasteiger partial charge in [-0.2, -0.15) is 5.10 Å². The second-order valence-corrected chi connectivity index (χ2v) is 5.91. The fourth-order valence-electron chi connectivity index (χ4n) is 1.64. The number of nitrogens with one attached hydrogen (secondary N) is 1. The number of thiazole rings is 1. The summed E-state index contributed by atoms with van der Waals surface area (Å²) in [5.74, 6) is 4.07. The number of terminal acetylenes is 1. The molecule has 6 nitrogen and oxygen atoms in total. The largest absolute Gasteiger partial charge is 0.490 e. The van der Waals surface area contributed by atoms with E-state index >= 15 is 0 Å². The molecular weight excluding hydrogens is 380 g/mol. The smallest absolute Gasteiger partial charge is 0.205 e. The molecule has 120 valence electrons. The van der Waals surface area contributed by atoms with Gasteiger partial charge in [-0.05, 0) is 35.0 Å².